The molecule has 0 saturated heterocycles. The molecule has 2 saturated carbocycles. The SMILES string of the molecule is COc1ccccc1OCc1cc(C(=O)NC[C@H]2C[C@H]3C=C[C@H]2C32CC2)n[nH]1. The van der Waals surface area contributed by atoms with Crippen LogP contribution >= 0.6 is 0 Å². The van der Waals surface area contributed by atoms with Crippen LogP contribution in [0, 0.1) is 23.2 Å². The number of carbonyl (C=O) groups excluding carboxylic acids is 1. The summed E-state index contributed by atoms with van der Waals surface area (Å²) in [5, 5.41) is 10.1. The molecular formula is C22H25N3O3. The number of carbonyl (C=O) groups is 1. The Kier molecular flexibility index (Phi) is 4.14. The molecule has 6 nitrogen and oxygen atoms in total. The van der Waals surface area contributed by atoms with Gasteiger partial charge in [0, 0.05) is 6.54 Å². The van der Waals surface area contributed by atoms with Crippen LogP contribution in [-0.2, 0) is 6.61 Å². The lowest BCUT2D eigenvalue weighted by Crippen LogP contribution is -2.31. The predicted octanol–water partition coefficient (Wildman–Crippen LogP) is 3.33. The number of hydrogen-bond donors (Lipinski definition) is 2. The summed E-state index contributed by atoms with van der Waals surface area (Å²) in [4.78, 5) is 12.5. The van der Waals surface area contributed by atoms with Crippen LogP contribution in [0.15, 0.2) is 42.5 Å². The Balaban J connectivity index is 1.15. The number of benzene rings is 1. The van der Waals surface area contributed by atoms with Crippen LogP contribution in [0.4, 0.5) is 0 Å². The zero-order valence-corrected chi connectivity index (χ0v) is 16.0. The number of hydrogen-bond acceptors (Lipinski definition) is 4. The fraction of sp³-hybridized carbons (Fsp3) is 0.455. The van der Waals surface area contributed by atoms with Crippen molar-refractivity contribution >= 4 is 5.91 Å². The van der Waals surface area contributed by atoms with Crippen LogP contribution in [0.25, 0.3) is 0 Å². The third-order valence-electron chi connectivity index (χ3n) is 6.69. The van der Waals surface area contributed by atoms with E-state index in [0.29, 0.717) is 41.1 Å². The number of methoxy groups -OCH3 is 1. The Labute approximate surface area is 164 Å². The number of nitrogens with one attached hydrogen (secondary N) is 2. The number of rotatable bonds is 7. The Morgan fingerprint density at radius 3 is 2.86 bits per heavy atom. The number of H-pyrrole nitrogens is 1. The van der Waals surface area contributed by atoms with Crippen LogP contribution < -0.4 is 14.8 Å². The predicted molar refractivity (Wildman–Crippen MR) is 104 cm³/mol. The van der Waals surface area contributed by atoms with E-state index in [1.807, 2.05) is 24.3 Å². The Hall–Kier alpha value is -2.76. The first-order chi connectivity index (χ1) is 13.7. The molecule has 28 heavy (non-hydrogen) atoms. The highest BCUT2D eigenvalue weighted by atomic mass is 16.5. The minimum atomic E-state index is -0.128. The number of ether oxygens (including phenoxy) is 2. The third-order valence-corrected chi connectivity index (χ3v) is 6.69. The number of amides is 1. The molecule has 1 aromatic carbocycles. The van der Waals surface area contributed by atoms with Gasteiger partial charge in [-0.15, -0.1) is 0 Å². The van der Waals surface area contributed by atoms with Crippen molar-refractivity contribution in [2.75, 3.05) is 13.7 Å². The lowest BCUT2D eigenvalue weighted by Gasteiger charge is -2.19. The van der Waals surface area contributed by atoms with Gasteiger partial charge in [0.15, 0.2) is 11.5 Å². The molecule has 0 radical (unpaired) electrons. The second-order valence-corrected chi connectivity index (χ2v) is 8.17. The van der Waals surface area contributed by atoms with Crippen LogP contribution in [-0.4, -0.2) is 29.8 Å². The van der Waals surface area contributed by atoms with Crippen molar-refractivity contribution in [2.24, 2.45) is 23.2 Å². The van der Waals surface area contributed by atoms with Crippen molar-refractivity contribution in [1.29, 1.82) is 0 Å². The van der Waals surface area contributed by atoms with Gasteiger partial charge < -0.3 is 14.8 Å². The Morgan fingerprint density at radius 1 is 1.29 bits per heavy atom. The van der Waals surface area contributed by atoms with Crippen molar-refractivity contribution in [3.05, 3.63) is 53.9 Å². The average molecular weight is 379 g/mol. The summed E-state index contributed by atoms with van der Waals surface area (Å²) in [7, 11) is 1.61. The van der Waals surface area contributed by atoms with E-state index in [1.54, 1.807) is 13.2 Å². The summed E-state index contributed by atoms with van der Waals surface area (Å²) < 4.78 is 11.1. The molecule has 146 valence electrons. The smallest absolute Gasteiger partial charge is 0.271 e. The Bertz CT molecular complexity index is 915. The summed E-state index contributed by atoms with van der Waals surface area (Å²) in [5.41, 5.74) is 1.71. The number of allylic oxidation sites excluding steroid dienone is 2. The van der Waals surface area contributed by atoms with Crippen molar-refractivity contribution in [2.45, 2.75) is 25.9 Å². The lowest BCUT2D eigenvalue weighted by molar-refractivity contribution is 0.0939. The molecule has 2 bridgehead atoms. The number of nitrogens with zero attached hydrogens (tertiary/aromatic N) is 1. The fourth-order valence-corrected chi connectivity index (χ4v) is 5.12. The average Bonchev–Trinajstić information content (AvgIpc) is 3.14. The van der Waals surface area contributed by atoms with E-state index in [0.717, 1.165) is 18.2 Å². The molecule has 2 aromatic rings. The maximum Gasteiger partial charge on any atom is 0.271 e. The van der Waals surface area contributed by atoms with E-state index >= 15 is 0 Å². The first-order valence-electron chi connectivity index (χ1n) is 9.96. The van der Waals surface area contributed by atoms with Gasteiger partial charge in [-0.05, 0) is 60.6 Å². The highest BCUT2D eigenvalue weighted by Crippen LogP contribution is 2.69. The van der Waals surface area contributed by atoms with Gasteiger partial charge in [-0.2, -0.15) is 5.10 Å². The summed E-state index contributed by atoms with van der Waals surface area (Å²) in [6, 6.07) is 9.21. The topological polar surface area (TPSA) is 76.2 Å². The molecule has 0 aliphatic heterocycles. The van der Waals surface area contributed by atoms with Gasteiger partial charge in [-0.25, -0.2) is 0 Å². The first kappa shape index (κ1) is 17.3. The fourth-order valence-electron chi connectivity index (χ4n) is 5.12. The number of aromatic nitrogens is 2. The molecule has 3 aliphatic rings. The molecule has 1 amide bonds. The highest BCUT2D eigenvalue weighted by molar-refractivity contribution is 5.92. The van der Waals surface area contributed by atoms with Crippen LogP contribution in [0.2, 0.25) is 0 Å². The lowest BCUT2D eigenvalue weighted by atomic mass is 9.89. The van der Waals surface area contributed by atoms with Gasteiger partial charge in [0.2, 0.25) is 0 Å². The van der Waals surface area contributed by atoms with Crippen molar-refractivity contribution < 1.29 is 14.3 Å². The van der Waals surface area contributed by atoms with Gasteiger partial charge in [0.1, 0.15) is 12.3 Å². The van der Waals surface area contributed by atoms with Crippen LogP contribution in [0.1, 0.15) is 35.4 Å². The minimum absolute atomic E-state index is 0.128. The second-order valence-electron chi connectivity index (χ2n) is 8.17. The molecule has 6 heteroatoms. The van der Waals surface area contributed by atoms with E-state index in [4.69, 9.17) is 9.47 Å². The molecule has 0 unspecified atom stereocenters. The molecule has 1 spiro atoms. The van der Waals surface area contributed by atoms with Gasteiger partial charge in [0.25, 0.3) is 5.91 Å². The van der Waals surface area contributed by atoms with E-state index in [1.165, 1.54) is 19.3 Å². The summed E-state index contributed by atoms with van der Waals surface area (Å²) in [6.07, 6.45) is 8.71. The molecule has 1 aromatic heterocycles. The van der Waals surface area contributed by atoms with Crippen molar-refractivity contribution in [3.63, 3.8) is 0 Å². The number of aromatic amines is 1. The zero-order valence-electron chi connectivity index (χ0n) is 16.0. The third kappa shape index (κ3) is 2.87. The Morgan fingerprint density at radius 2 is 2.11 bits per heavy atom. The van der Waals surface area contributed by atoms with Crippen molar-refractivity contribution in [1.82, 2.24) is 15.5 Å². The first-order valence-corrected chi connectivity index (χ1v) is 9.96. The molecule has 3 aliphatic carbocycles. The summed E-state index contributed by atoms with van der Waals surface area (Å²) >= 11 is 0. The maximum absolute atomic E-state index is 12.5. The van der Waals surface area contributed by atoms with E-state index in [9.17, 15) is 4.79 Å². The number of para-hydroxylation sites is 2. The monoisotopic (exact) mass is 379 g/mol. The molecule has 3 atom stereocenters. The standard InChI is InChI=1S/C22H25N3O3/c1-27-19-4-2-3-5-20(19)28-13-16-11-18(25-24-16)21(26)23-12-14-10-15-6-7-17(14)22(15)8-9-22/h2-7,11,14-15,17H,8-10,12-13H2,1H3,(H,23,26)(H,24,25)/t14-,15-,17-/m1/s1. The highest BCUT2D eigenvalue weighted by Gasteiger charge is 2.62. The summed E-state index contributed by atoms with van der Waals surface area (Å²) in [6.45, 7) is 1.02. The van der Waals surface area contributed by atoms with E-state index in [-0.39, 0.29) is 5.91 Å². The van der Waals surface area contributed by atoms with Gasteiger partial charge in [-0.3, -0.25) is 9.89 Å². The maximum atomic E-state index is 12.5. The van der Waals surface area contributed by atoms with Crippen molar-refractivity contribution in [3.8, 4) is 11.5 Å². The van der Waals surface area contributed by atoms with E-state index < -0.39 is 0 Å². The molecular weight excluding hydrogens is 354 g/mol. The second kappa shape index (κ2) is 6.69. The van der Waals surface area contributed by atoms with E-state index in [2.05, 4.69) is 27.7 Å². The largest absolute Gasteiger partial charge is 0.493 e. The normalized spacial score (nSPS) is 25.8. The molecule has 2 N–H and O–H groups in total. The molecule has 1 heterocycles. The zero-order chi connectivity index (χ0) is 19.1. The van der Waals surface area contributed by atoms with Gasteiger partial charge in [-0.1, -0.05) is 24.3 Å². The molecule has 5 rings (SSSR count). The minimum Gasteiger partial charge on any atom is -0.493 e. The quantitative estimate of drug-likeness (QED) is 0.724. The van der Waals surface area contributed by atoms with Gasteiger partial charge in [0.05, 0.1) is 12.8 Å². The van der Waals surface area contributed by atoms with Crippen LogP contribution in [0.3, 0.4) is 0 Å². The molecule has 2 fully saturated rings. The van der Waals surface area contributed by atoms with Gasteiger partial charge >= 0.3 is 0 Å². The van der Waals surface area contributed by atoms with Crippen LogP contribution in [0.5, 0.6) is 11.5 Å². The summed E-state index contributed by atoms with van der Waals surface area (Å²) in [5.74, 6) is 3.16.